The van der Waals surface area contributed by atoms with Crippen molar-refractivity contribution < 1.29 is 9.21 Å². The summed E-state index contributed by atoms with van der Waals surface area (Å²) in [6, 6.07) is 8.78. The molecule has 0 aliphatic carbocycles. The highest BCUT2D eigenvalue weighted by molar-refractivity contribution is 7.09. The Morgan fingerprint density at radius 1 is 1.35 bits per heavy atom. The molecule has 1 aliphatic rings. The first kappa shape index (κ1) is 14.1. The minimum absolute atomic E-state index is 0.0478. The van der Waals surface area contributed by atoms with Crippen molar-refractivity contribution >= 4 is 28.2 Å². The lowest BCUT2D eigenvalue weighted by Crippen LogP contribution is -2.33. The maximum absolute atomic E-state index is 12.9. The summed E-state index contributed by atoms with van der Waals surface area (Å²) in [5.41, 5.74) is -0.00223. The van der Waals surface area contributed by atoms with E-state index >= 15 is 0 Å². The van der Waals surface area contributed by atoms with Gasteiger partial charge in [0.15, 0.2) is 0 Å². The lowest BCUT2D eigenvalue weighted by molar-refractivity contribution is 0.0731. The number of aromatic nitrogens is 1. The lowest BCUT2D eigenvalue weighted by atomic mass is 10.1. The van der Waals surface area contributed by atoms with E-state index in [2.05, 4.69) is 4.98 Å². The molecule has 1 atom stereocenters. The number of carbonyl (C=O) groups excluding carboxylic acids is 1. The fraction of sp³-hybridized carbons (Fsp3) is 0.235. The molecule has 0 radical (unpaired) electrons. The van der Waals surface area contributed by atoms with E-state index < -0.39 is 5.63 Å². The molecule has 23 heavy (non-hydrogen) atoms. The van der Waals surface area contributed by atoms with Gasteiger partial charge in [0.1, 0.15) is 16.2 Å². The third-order valence-corrected chi connectivity index (χ3v) is 5.00. The van der Waals surface area contributed by atoms with Crippen LogP contribution < -0.4 is 5.63 Å². The quantitative estimate of drug-likeness (QED) is 0.678. The van der Waals surface area contributed by atoms with Gasteiger partial charge in [-0.05, 0) is 25.0 Å². The smallest absolute Gasteiger partial charge is 0.349 e. The topological polar surface area (TPSA) is 63.4 Å². The average Bonchev–Trinajstić information content (AvgIpc) is 3.24. The number of amides is 1. The summed E-state index contributed by atoms with van der Waals surface area (Å²) in [4.78, 5) is 31.1. The fourth-order valence-electron chi connectivity index (χ4n) is 3.03. The normalized spacial score (nSPS) is 17.7. The van der Waals surface area contributed by atoms with Crippen LogP contribution in [0.15, 0.2) is 51.1 Å². The Morgan fingerprint density at radius 3 is 3.04 bits per heavy atom. The molecule has 1 aliphatic heterocycles. The van der Waals surface area contributed by atoms with Gasteiger partial charge in [-0.2, -0.15) is 0 Å². The number of para-hydroxylation sites is 1. The second kappa shape index (κ2) is 5.62. The summed E-state index contributed by atoms with van der Waals surface area (Å²) in [7, 11) is 0. The zero-order valence-corrected chi connectivity index (χ0v) is 13.1. The van der Waals surface area contributed by atoms with Crippen molar-refractivity contribution in [1.82, 2.24) is 9.88 Å². The van der Waals surface area contributed by atoms with Gasteiger partial charge in [0, 0.05) is 23.5 Å². The van der Waals surface area contributed by atoms with Gasteiger partial charge < -0.3 is 9.32 Å². The van der Waals surface area contributed by atoms with Crippen LogP contribution in [0.1, 0.15) is 34.2 Å². The third kappa shape index (κ3) is 2.45. The molecule has 1 unspecified atom stereocenters. The first-order chi connectivity index (χ1) is 11.2. The number of fused-ring (bicyclic) bond motifs is 1. The Kier molecular flexibility index (Phi) is 3.46. The van der Waals surface area contributed by atoms with E-state index in [1.165, 1.54) is 11.3 Å². The largest absolute Gasteiger partial charge is 0.422 e. The van der Waals surface area contributed by atoms with Crippen LogP contribution in [0, 0.1) is 0 Å². The summed E-state index contributed by atoms with van der Waals surface area (Å²) >= 11 is 1.54. The van der Waals surface area contributed by atoms with Gasteiger partial charge in [-0.25, -0.2) is 9.78 Å². The predicted octanol–water partition coefficient (Wildman–Crippen LogP) is 3.23. The number of thiazole rings is 1. The summed E-state index contributed by atoms with van der Waals surface area (Å²) in [5, 5.41) is 3.57. The van der Waals surface area contributed by atoms with Gasteiger partial charge >= 0.3 is 5.63 Å². The number of nitrogens with zero attached hydrogens (tertiary/aromatic N) is 2. The van der Waals surface area contributed by atoms with Gasteiger partial charge in [-0.15, -0.1) is 11.3 Å². The standard InChI is InChI=1S/C17H14N2O3S/c20-16(19-8-3-5-13(19)15-18-7-9-23-15)12-10-11-4-1-2-6-14(11)22-17(12)21/h1-2,4,6-7,9-10,13H,3,5,8H2. The highest BCUT2D eigenvalue weighted by Crippen LogP contribution is 2.33. The number of hydrogen-bond acceptors (Lipinski definition) is 5. The number of rotatable bonds is 2. The Hall–Kier alpha value is -2.47. The summed E-state index contributed by atoms with van der Waals surface area (Å²) in [6.45, 7) is 0.634. The highest BCUT2D eigenvalue weighted by atomic mass is 32.1. The van der Waals surface area contributed by atoms with E-state index in [-0.39, 0.29) is 17.5 Å². The van der Waals surface area contributed by atoms with Crippen LogP contribution >= 0.6 is 11.3 Å². The molecule has 1 aromatic carbocycles. The van der Waals surface area contributed by atoms with E-state index in [1.54, 1.807) is 29.3 Å². The zero-order chi connectivity index (χ0) is 15.8. The summed E-state index contributed by atoms with van der Waals surface area (Å²) < 4.78 is 5.28. The van der Waals surface area contributed by atoms with Gasteiger partial charge in [-0.3, -0.25) is 4.79 Å². The van der Waals surface area contributed by atoms with Crippen LogP contribution in [0.3, 0.4) is 0 Å². The van der Waals surface area contributed by atoms with Crippen molar-refractivity contribution in [3.05, 3.63) is 62.9 Å². The summed E-state index contributed by atoms with van der Waals surface area (Å²) in [5.74, 6) is -0.276. The molecule has 0 bridgehead atoms. The van der Waals surface area contributed by atoms with Gasteiger partial charge in [-0.1, -0.05) is 18.2 Å². The molecule has 3 aromatic rings. The second-order valence-electron chi connectivity index (χ2n) is 5.51. The minimum atomic E-state index is -0.585. The van der Waals surface area contributed by atoms with Crippen LogP contribution in [-0.2, 0) is 0 Å². The van der Waals surface area contributed by atoms with E-state index in [1.807, 2.05) is 17.5 Å². The van der Waals surface area contributed by atoms with Crippen molar-refractivity contribution in [1.29, 1.82) is 0 Å². The van der Waals surface area contributed by atoms with E-state index in [0.717, 1.165) is 23.2 Å². The van der Waals surface area contributed by atoms with Crippen LogP contribution in [-0.4, -0.2) is 22.3 Å². The van der Waals surface area contributed by atoms with Crippen molar-refractivity contribution in [2.45, 2.75) is 18.9 Å². The maximum Gasteiger partial charge on any atom is 0.349 e. The van der Waals surface area contributed by atoms with E-state index in [9.17, 15) is 9.59 Å². The molecular formula is C17H14N2O3S. The van der Waals surface area contributed by atoms with Crippen molar-refractivity contribution in [2.24, 2.45) is 0 Å². The third-order valence-electron chi connectivity index (χ3n) is 4.12. The molecule has 1 saturated heterocycles. The Labute approximate surface area is 136 Å². The molecule has 0 N–H and O–H groups in total. The molecule has 0 saturated carbocycles. The van der Waals surface area contributed by atoms with Gasteiger partial charge in [0.2, 0.25) is 0 Å². The molecule has 1 amide bonds. The van der Waals surface area contributed by atoms with Crippen molar-refractivity contribution in [2.75, 3.05) is 6.54 Å². The lowest BCUT2D eigenvalue weighted by Gasteiger charge is -2.22. The molecule has 1 fully saturated rings. The molecular weight excluding hydrogens is 312 g/mol. The Bertz CT molecular complexity index is 917. The number of hydrogen-bond donors (Lipinski definition) is 0. The number of carbonyl (C=O) groups is 1. The first-order valence-electron chi connectivity index (χ1n) is 7.47. The minimum Gasteiger partial charge on any atom is -0.422 e. The molecule has 0 spiro atoms. The SMILES string of the molecule is O=C(c1cc2ccccc2oc1=O)N1CCCC1c1nccs1. The fourth-order valence-corrected chi connectivity index (χ4v) is 3.82. The van der Waals surface area contributed by atoms with E-state index in [4.69, 9.17) is 4.42 Å². The van der Waals surface area contributed by atoms with Crippen molar-refractivity contribution in [3.8, 4) is 0 Å². The Balaban J connectivity index is 1.74. The number of likely N-dealkylation sites (tertiary alicyclic amines) is 1. The summed E-state index contributed by atoms with van der Waals surface area (Å²) in [6.07, 6.45) is 3.53. The van der Waals surface area contributed by atoms with Crippen LogP contribution in [0.5, 0.6) is 0 Å². The van der Waals surface area contributed by atoms with Gasteiger partial charge in [0.05, 0.1) is 6.04 Å². The maximum atomic E-state index is 12.9. The molecule has 5 nitrogen and oxygen atoms in total. The highest BCUT2D eigenvalue weighted by Gasteiger charge is 2.33. The van der Waals surface area contributed by atoms with Crippen LogP contribution in [0.2, 0.25) is 0 Å². The van der Waals surface area contributed by atoms with Crippen molar-refractivity contribution in [3.63, 3.8) is 0 Å². The van der Waals surface area contributed by atoms with Gasteiger partial charge in [0.25, 0.3) is 5.91 Å². The molecule has 2 aromatic heterocycles. The Morgan fingerprint density at radius 2 is 2.22 bits per heavy atom. The van der Waals surface area contributed by atoms with E-state index in [0.29, 0.717) is 12.1 Å². The monoisotopic (exact) mass is 326 g/mol. The molecule has 116 valence electrons. The van der Waals surface area contributed by atoms with Crippen LogP contribution in [0.25, 0.3) is 11.0 Å². The average molecular weight is 326 g/mol. The second-order valence-corrected chi connectivity index (χ2v) is 6.44. The first-order valence-corrected chi connectivity index (χ1v) is 8.35. The predicted molar refractivity (Wildman–Crippen MR) is 87.6 cm³/mol. The molecule has 4 rings (SSSR count). The number of benzene rings is 1. The molecule has 6 heteroatoms. The van der Waals surface area contributed by atoms with Crippen LogP contribution in [0.4, 0.5) is 0 Å². The molecule has 3 heterocycles. The zero-order valence-electron chi connectivity index (χ0n) is 12.3.